The van der Waals surface area contributed by atoms with Crippen LogP contribution in [-0.2, 0) is 11.2 Å². The summed E-state index contributed by atoms with van der Waals surface area (Å²) in [5, 5.41) is 8.52. The van der Waals surface area contributed by atoms with E-state index in [1.165, 1.54) is 5.75 Å². The van der Waals surface area contributed by atoms with Crippen LogP contribution >= 0.6 is 11.8 Å². The van der Waals surface area contributed by atoms with E-state index in [4.69, 9.17) is 9.52 Å². The molecule has 0 aromatic carbocycles. The first-order valence-corrected chi connectivity index (χ1v) is 6.15. The van der Waals surface area contributed by atoms with Gasteiger partial charge in [-0.25, -0.2) is 4.98 Å². The van der Waals surface area contributed by atoms with Gasteiger partial charge in [0, 0.05) is 18.1 Å². The standard InChI is InChI=1S/C10H13NO3S/c12-10(13)2-1-9-11-8(5-14-9)7-3-4-15-6-7/h5,7H,1-4,6H2,(H,12,13). The van der Waals surface area contributed by atoms with E-state index in [0.717, 1.165) is 17.9 Å². The minimum Gasteiger partial charge on any atom is -0.481 e. The minimum absolute atomic E-state index is 0.0827. The molecule has 0 radical (unpaired) electrons. The number of aromatic nitrogens is 1. The van der Waals surface area contributed by atoms with Gasteiger partial charge in [-0.15, -0.1) is 0 Å². The summed E-state index contributed by atoms with van der Waals surface area (Å²) >= 11 is 1.93. The number of oxazole rings is 1. The van der Waals surface area contributed by atoms with E-state index in [0.29, 0.717) is 18.2 Å². The van der Waals surface area contributed by atoms with Gasteiger partial charge >= 0.3 is 5.97 Å². The third-order valence-electron chi connectivity index (χ3n) is 2.47. The maximum absolute atomic E-state index is 10.4. The van der Waals surface area contributed by atoms with Crippen molar-refractivity contribution in [2.75, 3.05) is 11.5 Å². The largest absolute Gasteiger partial charge is 0.481 e. The van der Waals surface area contributed by atoms with Crippen LogP contribution in [0.4, 0.5) is 0 Å². The Morgan fingerprint density at radius 3 is 3.27 bits per heavy atom. The predicted octanol–water partition coefficient (Wildman–Crippen LogP) is 1.91. The SMILES string of the molecule is O=C(O)CCc1nc(C2CCSC2)co1. The molecular formula is C10H13NO3S. The van der Waals surface area contributed by atoms with E-state index in [9.17, 15) is 4.79 Å². The maximum atomic E-state index is 10.4. The molecule has 2 heterocycles. The summed E-state index contributed by atoms with van der Waals surface area (Å²) in [7, 11) is 0. The molecule has 1 unspecified atom stereocenters. The van der Waals surface area contributed by atoms with Gasteiger partial charge in [-0.05, 0) is 12.2 Å². The molecule has 1 saturated heterocycles. The van der Waals surface area contributed by atoms with E-state index >= 15 is 0 Å². The van der Waals surface area contributed by atoms with Gasteiger partial charge in [-0.3, -0.25) is 4.79 Å². The summed E-state index contributed by atoms with van der Waals surface area (Å²) < 4.78 is 5.24. The fourth-order valence-corrected chi connectivity index (χ4v) is 2.85. The number of carboxylic acid groups (broad SMARTS) is 1. The Balaban J connectivity index is 1.94. The first kappa shape index (κ1) is 10.5. The number of hydrogen-bond donors (Lipinski definition) is 1. The second kappa shape index (κ2) is 4.70. The maximum Gasteiger partial charge on any atom is 0.303 e. The number of rotatable bonds is 4. The molecule has 82 valence electrons. The second-order valence-electron chi connectivity index (χ2n) is 3.62. The topological polar surface area (TPSA) is 63.3 Å². The Bertz CT molecular complexity index is 344. The van der Waals surface area contributed by atoms with Crippen molar-refractivity contribution in [3.8, 4) is 0 Å². The smallest absolute Gasteiger partial charge is 0.303 e. The van der Waals surface area contributed by atoms with Crippen LogP contribution < -0.4 is 0 Å². The molecule has 5 heteroatoms. The molecule has 0 saturated carbocycles. The van der Waals surface area contributed by atoms with Gasteiger partial charge in [0.1, 0.15) is 6.26 Å². The number of nitrogens with zero attached hydrogens (tertiary/aromatic N) is 1. The van der Waals surface area contributed by atoms with Crippen LogP contribution in [0.1, 0.15) is 30.3 Å². The lowest BCUT2D eigenvalue weighted by Gasteiger charge is -2.00. The Labute approximate surface area is 92.1 Å². The highest BCUT2D eigenvalue weighted by molar-refractivity contribution is 7.99. The highest BCUT2D eigenvalue weighted by Crippen LogP contribution is 2.31. The van der Waals surface area contributed by atoms with Crippen LogP contribution in [-0.4, -0.2) is 27.6 Å². The van der Waals surface area contributed by atoms with Crippen LogP contribution in [0.5, 0.6) is 0 Å². The minimum atomic E-state index is -0.814. The molecule has 1 fully saturated rings. The number of carbonyl (C=O) groups is 1. The molecule has 1 aromatic rings. The third-order valence-corrected chi connectivity index (χ3v) is 3.63. The molecule has 1 aliphatic heterocycles. The highest BCUT2D eigenvalue weighted by atomic mass is 32.2. The van der Waals surface area contributed by atoms with E-state index in [-0.39, 0.29) is 6.42 Å². The van der Waals surface area contributed by atoms with Crippen molar-refractivity contribution >= 4 is 17.7 Å². The zero-order chi connectivity index (χ0) is 10.7. The van der Waals surface area contributed by atoms with Gasteiger partial charge in [-0.2, -0.15) is 11.8 Å². The van der Waals surface area contributed by atoms with Crippen molar-refractivity contribution in [1.82, 2.24) is 4.98 Å². The molecule has 0 aliphatic carbocycles. The summed E-state index contributed by atoms with van der Waals surface area (Å²) in [5.41, 5.74) is 0.986. The fraction of sp³-hybridized carbons (Fsp3) is 0.600. The molecule has 1 atom stereocenters. The zero-order valence-corrected chi connectivity index (χ0v) is 9.13. The molecule has 1 aliphatic rings. The van der Waals surface area contributed by atoms with Crippen molar-refractivity contribution in [2.45, 2.75) is 25.2 Å². The van der Waals surface area contributed by atoms with E-state index in [1.54, 1.807) is 6.26 Å². The molecule has 0 spiro atoms. The summed E-state index contributed by atoms with van der Waals surface area (Å²) in [6.07, 6.45) is 3.29. The molecule has 0 bridgehead atoms. The quantitative estimate of drug-likeness (QED) is 0.851. The van der Waals surface area contributed by atoms with Gasteiger partial charge in [-0.1, -0.05) is 0 Å². The summed E-state index contributed by atoms with van der Waals surface area (Å²) in [4.78, 5) is 14.7. The Morgan fingerprint density at radius 1 is 1.73 bits per heavy atom. The molecule has 1 N–H and O–H groups in total. The van der Waals surface area contributed by atoms with Crippen LogP contribution in [0.2, 0.25) is 0 Å². The van der Waals surface area contributed by atoms with Crippen LogP contribution in [0.3, 0.4) is 0 Å². The lowest BCUT2D eigenvalue weighted by molar-refractivity contribution is -0.137. The summed E-state index contributed by atoms with van der Waals surface area (Å²) in [5.74, 6) is 2.51. The lowest BCUT2D eigenvalue weighted by Crippen LogP contribution is -1.99. The van der Waals surface area contributed by atoms with E-state index < -0.39 is 5.97 Å². The molecule has 2 rings (SSSR count). The second-order valence-corrected chi connectivity index (χ2v) is 4.77. The van der Waals surface area contributed by atoms with Gasteiger partial charge in [0.15, 0.2) is 5.89 Å². The third kappa shape index (κ3) is 2.75. The molecule has 0 amide bonds. The number of thioether (sulfide) groups is 1. The van der Waals surface area contributed by atoms with Gasteiger partial charge in [0.25, 0.3) is 0 Å². The van der Waals surface area contributed by atoms with Gasteiger partial charge in [0.05, 0.1) is 12.1 Å². The van der Waals surface area contributed by atoms with Crippen molar-refractivity contribution in [2.24, 2.45) is 0 Å². The van der Waals surface area contributed by atoms with Crippen molar-refractivity contribution < 1.29 is 14.3 Å². The molecule has 15 heavy (non-hydrogen) atoms. The Kier molecular flexibility index (Phi) is 3.30. The van der Waals surface area contributed by atoms with Crippen LogP contribution in [0, 0.1) is 0 Å². The van der Waals surface area contributed by atoms with Crippen molar-refractivity contribution in [3.05, 3.63) is 17.8 Å². The molecule has 4 nitrogen and oxygen atoms in total. The average molecular weight is 227 g/mol. The highest BCUT2D eigenvalue weighted by Gasteiger charge is 2.20. The number of aryl methyl sites for hydroxylation is 1. The van der Waals surface area contributed by atoms with Gasteiger partial charge < -0.3 is 9.52 Å². The van der Waals surface area contributed by atoms with Gasteiger partial charge in [0.2, 0.25) is 0 Å². The van der Waals surface area contributed by atoms with Crippen LogP contribution in [0.15, 0.2) is 10.7 Å². The van der Waals surface area contributed by atoms with Crippen molar-refractivity contribution in [1.29, 1.82) is 0 Å². The monoisotopic (exact) mass is 227 g/mol. The van der Waals surface area contributed by atoms with E-state index in [2.05, 4.69) is 4.98 Å². The normalized spacial score (nSPS) is 20.7. The van der Waals surface area contributed by atoms with E-state index in [1.807, 2.05) is 11.8 Å². The number of aliphatic carboxylic acids is 1. The molecular weight excluding hydrogens is 214 g/mol. The Morgan fingerprint density at radius 2 is 2.60 bits per heavy atom. The number of carboxylic acids is 1. The summed E-state index contributed by atoms with van der Waals surface area (Å²) in [6, 6.07) is 0. The number of hydrogen-bond acceptors (Lipinski definition) is 4. The fourth-order valence-electron chi connectivity index (χ4n) is 1.61. The predicted molar refractivity (Wildman–Crippen MR) is 57.1 cm³/mol. The van der Waals surface area contributed by atoms with Crippen molar-refractivity contribution in [3.63, 3.8) is 0 Å². The Hall–Kier alpha value is -0.970. The first-order valence-electron chi connectivity index (χ1n) is 4.99. The van der Waals surface area contributed by atoms with Crippen LogP contribution in [0.25, 0.3) is 0 Å². The average Bonchev–Trinajstić information content (AvgIpc) is 2.85. The molecule has 1 aromatic heterocycles. The summed E-state index contributed by atoms with van der Waals surface area (Å²) in [6.45, 7) is 0. The first-order chi connectivity index (χ1) is 7.25. The lowest BCUT2D eigenvalue weighted by atomic mass is 10.1. The zero-order valence-electron chi connectivity index (χ0n) is 8.31.